The monoisotopic (exact) mass is 375 g/mol. The Bertz CT molecular complexity index is 709. The van der Waals surface area contributed by atoms with Crippen LogP contribution in [0.1, 0.15) is 16.7 Å². The van der Waals surface area contributed by atoms with E-state index in [0.717, 1.165) is 18.2 Å². The van der Waals surface area contributed by atoms with Gasteiger partial charge in [0.05, 0.1) is 0 Å². The molecule has 0 fully saturated rings. The lowest BCUT2D eigenvalue weighted by atomic mass is 9.94. The molecule has 0 atom stereocenters. The Hall–Kier alpha value is -3.75. The lowest BCUT2D eigenvalue weighted by molar-refractivity contribution is -0.114. The van der Waals surface area contributed by atoms with Gasteiger partial charge in [0.15, 0.2) is 0 Å². The van der Waals surface area contributed by atoms with Gasteiger partial charge in [0, 0.05) is 16.7 Å². The van der Waals surface area contributed by atoms with E-state index in [1.54, 1.807) is 0 Å². The van der Waals surface area contributed by atoms with E-state index in [4.69, 9.17) is 17.2 Å². The summed E-state index contributed by atoms with van der Waals surface area (Å²) in [6.07, 6.45) is 7.02. The first-order chi connectivity index (χ1) is 12.6. The number of nitrogens with two attached hydrogens (primary N) is 3. The molecule has 0 aromatic heterocycles. The lowest BCUT2D eigenvalue weighted by Gasteiger charge is -2.16. The second kappa shape index (κ2) is 9.66. The van der Waals surface area contributed by atoms with Crippen LogP contribution in [-0.4, -0.2) is 33.0 Å². The quantitative estimate of drug-likeness (QED) is 0.317. The zero-order valence-electron chi connectivity index (χ0n) is 14.4. The summed E-state index contributed by atoms with van der Waals surface area (Å²) >= 11 is 0. The predicted octanol–water partition coefficient (Wildman–Crippen LogP) is -0.445. The minimum Gasteiger partial charge on any atom is -0.507 e. The van der Waals surface area contributed by atoms with Gasteiger partial charge in [0.2, 0.25) is 17.7 Å². The fraction of sp³-hybridized carbons (Fsp3) is 0.167. The van der Waals surface area contributed by atoms with E-state index in [9.17, 15) is 29.7 Å². The van der Waals surface area contributed by atoms with Gasteiger partial charge in [-0.2, -0.15) is 0 Å². The fourth-order valence-corrected chi connectivity index (χ4v) is 2.34. The number of primary amides is 3. The van der Waals surface area contributed by atoms with Crippen molar-refractivity contribution in [1.29, 1.82) is 0 Å². The highest BCUT2D eigenvalue weighted by Crippen LogP contribution is 2.43. The zero-order chi connectivity index (χ0) is 20.6. The van der Waals surface area contributed by atoms with Crippen molar-refractivity contribution in [3.63, 3.8) is 0 Å². The Balaban J connectivity index is 3.44. The third kappa shape index (κ3) is 6.24. The molecule has 144 valence electrons. The average Bonchev–Trinajstić information content (AvgIpc) is 2.56. The molecule has 0 heterocycles. The summed E-state index contributed by atoms with van der Waals surface area (Å²) in [7, 11) is 0. The Morgan fingerprint density at radius 2 is 0.815 bits per heavy atom. The first-order valence-electron chi connectivity index (χ1n) is 7.80. The molecule has 9 heteroatoms. The van der Waals surface area contributed by atoms with Crippen LogP contribution in [0.15, 0.2) is 36.5 Å². The minimum atomic E-state index is -0.706. The van der Waals surface area contributed by atoms with E-state index in [1.807, 2.05) is 0 Å². The zero-order valence-corrected chi connectivity index (χ0v) is 14.4. The van der Waals surface area contributed by atoms with Crippen LogP contribution >= 0.6 is 0 Å². The largest absolute Gasteiger partial charge is 0.507 e. The SMILES string of the molecule is NC(=O)C=CCc1c(O)c(CC=CC(N)=O)c(O)c(CC=CC(N)=O)c1O. The molecule has 0 spiro atoms. The maximum Gasteiger partial charge on any atom is 0.241 e. The van der Waals surface area contributed by atoms with Crippen molar-refractivity contribution in [3.05, 3.63) is 53.1 Å². The van der Waals surface area contributed by atoms with Gasteiger partial charge in [0.25, 0.3) is 0 Å². The van der Waals surface area contributed by atoms with Crippen molar-refractivity contribution in [3.8, 4) is 17.2 Å². The summed E-state index contributed by atoms with van der Waals surface area (Å²) in [6, 6.07) is 0. The van der Waals surface area contributed by atoms with Crippen molar-refractivity contribution in [1.82, 2.24) is 0 Å². The molecule has 27 heavy (non-hydrogen) atoms. The maximum atomic E-state index is 10.8. The van der Waals surface area contributed by atoms with Gasteiger partial charge in [0.1, 0.15) is 17.2 Å². The van der Waals surface area contributed by atoms with Crippen LogP contribution in [0.4, 0.5) is 0 Å². The van der Waals surface area contributed by atoms with Gasteiger partial charge < -0.3 is 32.5 Å². The number of rotatable bonds is 9. The lowest BCUT2D eigenvalue weighted by Crippen LogP contribution is -2.06. The first-order valence-corrected chi connectivity index (χ1v) is 7.80. The van der Waals surface area contributed by atoms with Crippen molar-refractivity contribution in [2.75, 3.05) is 0 Å². The fourth-order valence-electron chi connectivity index (χ4n) is 2.34. The molecule has 0 radical (unpaired) electrons. The molecule has 0 aliphatic rings. The van der Waals surface area contributed by atoms with Crippen molar-refractivity contribution in [2.45, 2.75) is 19.3 Å². The summed E-state index contributed by atoms with van der Waals surface area (Å²) in [6.45, 7) is 0. The standard InChI is InChI=1S/C18H21N3O6/c19-13(22)7-1-4-10-16(25)11(5-2-8-14(20)23)18(27)12(17(10)26)6-3-9-15(21)24/h1-3,7-9,25-27H,4-6H2,(H2,19,22)(H2,20,23)(H2,21,24). The van der Waals surface area contributed by atoms with Gasteiger partial charge >= 0.3 is 0 Å². The van der Waals surface area contributed by atoms with E-state index in [2.05, 4.69) is 0 Å². The summed E-state index contributed by atoms with van der Waals surface area (Å²) in [5.74, 6) is -3.34. The van der Waals surface area contributed by atoms with Crippen LogP contribution in [-0.2, 0) is 33.6 Å². The predicted molar refractivity (Wildman–Crippen MR) is 97.6 cm³/mol. The molecule has 1 aromatic rings. The number of hydrogen-bond acceptors (Lipinski definition) is 6. The molecular weight excluding hydrogens is 354 g/mol. The number of phenols is 3. The van der Waals surface area contributed by atoms with Gasteiger partial charge in [-0.3, -0.25) is 14.4 Å². The molecule has 9 nitrogen and oxygen atoms in total. The number of carbonyl (C=O) groups excluding carboxylic acids is 3. The third-order valence-electron chi connectivity index (χ3n) is 3.53. The van der Waals surface area contributed by atoms with Crippen molar-refractivity contribution in [2.24, 2.45) is 17.2 Å². The summed E-state index contributed by atoms with van der Waals surface area (Å²) < 4.78 is 0. The third-order valence-corrected chi connectivity index (χ3v) is 3.53. The van der Waals surface area contributed by atoms with Crippen LogP contribution in [0.25, 0.3) is 0 Å². The average molecular weight is 375 g/mol. The van der Waals surface area contributed by atoms with E-state index < -0.39 is 35.0 Å². The van der Waals surface area contributed by atoms with E-state index >= 15 is 0 Å². The normalized spacial score (nSPS) is 11.6. The summed E-state index contributed by atoms with van der Waals surface area (Å²) in [5, 5.41) is 31.2. The second-order valence-electron chi connectivity index (χ2n) is 5.51. The number of benzene rings is 1. The van der Waals surface area contributed by atoms with Gasteiger partial charge in [-0.1, -0.05) is 18.2 Å². The molecule has 9 N–H and O–H groups in total. The highest BCUT2D eigenvalue weighted by Gasteiger charge is 2.21. The molecule has 0 saturated heterocycles. The highest BCUT2D eigenvalue weighted by molar-refractivity contribution is 5.86. The first kappa shape index (κ1) is 21.3. The summed E-state index contributed by atoms with van der Waals surface area (Å²) in [4.78, 5) is 32.5. The van der Waals surface area contributed by atoms with Crippen LogP contribution in [0.2, 0.25) is 0 Å². The molecule has 1 aromatic carbocycles. The molecule has 0 saturated carbocycles. The molecule has 1 rings (SSSR count). The van der Waals surface area contributed by atoms with E-state index in [1.165, 1.54) is 18.2 Å². The minimum absolute atomic E-state index is 0.0373. The van der Waals surface area contributed by atoms with Crippen LogP contribution in [0.5, 0.6) is 17.2 Å². The highest BCUT2D eigenvalue weighted by atomic mass is 16.3. The molecule has 0 unspecified atom stereocenters. The number of phenolic OH excluding ortho intramolecular Hbond substituents is 3. The Kier molecular flexibility index (Phi) is 7.62. The van der Waals surface area contributed by atoms with Gasteiger partial charge in [-0.25, -0.2) is 0 Å². The second-order valence-corrected chi connectivity index (χ2v) is 5.51. The topological polar surface area (TPSA) is 190 Å². The smallest absolute Gasteiger partial charge is 0.241 e. The van der Waals surface area contributed by atoms with Crippen LogP contribution < -0.4 is 17.2 Å². The van der Waals surface area contributed by atoms with Crippen molar-refractivity contribution >= 4 is 17.7 Å². The molecular formula is C18H21N3O6. The molecule has 3 amide bonds. The van der Waals surface area contributed by atoms with E-state index in [-0.39, 0.29) is 36.0 Å². The summed E-state index contributed by atoms with van der Waals surface area (Å²) in [5.41, 5.74) is 15.1. The van der Waals surface area contributed by atoms with Gasteiger partial charge in [-0.05, 0) is 37.5 Å². The number of carbonyl (C=O) groups is 3. The molecule has 0 bridgehead atoms. The maximum absolute atomic E-state index is 10.8. The Labute approximate surface area is 155 Å². The number of hydrogen-bond donors (Lipinski definition) is 6. The number of amides is 3. The van der Waals surface area contributed by atoms with E-state index in [0.29, 0.717) is 0 Å². The Morgan fingerprint density at radius 3 is 1.00 bits per heavy atom. The van der Waals surface area contributed by atoms with Gasteiger partial charge in [-0.15, -0.1) is 0 Å². The number of aromatic hydroxyl groups is 3. The van der Waals surface area contributed by atoms with Crippen LogP contribution in [0.3, 0.4) is 0 Å². The Morgan fingerprint density at radius 1 is 0.593 bits per heavy atom. The molecule has 0 aliphatic heterocycles. The number of allylic oxidation sites excluding steroid dienone is 3. The van der Waals surface area contributed by atoms with Crippen molar-refractivity contribution < 1.29 is 29.7 Å². The molecule has 0 aliphatic carbocycles. The van der Waals surface area contributed by atoms with Crippen LogP contribution in [0, 0.1) is 0 Å².